The molecular formula is C20H22N2. The van der Waals surface area contributed by atoms with Gasteiger partial charge in [0.2, 0.25) is 0 Å². The van der Waals surface area contributed by atoms with Gasteiger partial charge in [0.1, 0.15) is 5.84 Å². The van der Waals surface area contributed by atoms with Crippen molar-refractivity contribution < 1.29 is 0 Å². The Hall–Kier alpha value is -2.09. The van der Waals surface area contributed by atoms with E-state index in [1.807, 2.05) is 0 Å². The summed E-state index contributed by atoms with van der Waals surface area (Å²) in [4.78, 5) is 4.99. The van der Waals surface area contributed by atoms with Crippen LogP contribution in [0.3, 0.4) is 0 Å². The van der Waals surface area contributed by atoms with Gasteiger partial charge in [-0.2, -0.15) is 0 Å². The van der Waals surface area contributed by atoms with Crippen LogP contribution in [0, 0.1) is 5.41 Å². The summed E-state index contributed by atoms with van der Waals surface area (Å²) in [5.41, 5.74) is 4.22. The first-order valence-electron chi connectivity index (χ1n) is 8.30. The fourth-order valence-electron chi connectivity index (χ4n) is 3.93. The Morgan fingerprint density at radius 2 is 1.64 bits per heavy atom. The van der Waals surface area contributed by atoms with Gasteiger partial charge in [0, 0.05) is 11.1 Å². The van der Waals surface area contributed by atoms with Crippen molar-refractivity contribution in [2.45, 2.75) is 38.6 Å². The van der Waals surface area contributed by atoms with Crippen molar-refractivity contribution in [3.63, 3.8) is 0 Å². The Kier molecular flexibility index (Phi) is 3.45. The Morgan fingerprint density at radius 1 is 0.909 bits per heavy atom. The van der Waals surface area contributed by atoms with Crippen LogP contribution in [0.1, 0.15) is 36.8 Å². The number of rotatable bonds is 2. The molecule has 22 heavy (non-hydrogen) atoms. The smallest absolute Gasteiger partial charge is 0.108 e. The molecule has 2 heteroatoms. The molecule has 0 saturated heterocycles. The highest BCUT2D eigenvalue weighted by Crippen LogP contribution is 2.46. The van der Waals surface area contributed by atoms with Crippen LogP contribution in [-0.4, -0.2) is 5.84 Å². The minimum Gasteiger partial charge on any atom is -0.343 e. The fraction of sp³-hybridized carbons (Fsp3) is 0.350. The van der Waals surface area contributed by atoms with Crippen molar-refractivity contribution >= 4 is 11.5 Å². The Morgan fingerprint density at radius 3 is 2.45 bits per heavy atom. The maximum atomic E-state index is 4.99. The minimum atomic E-state index is 0.253. The molecular weight excluding hydrogens is 268 g/mol. The summed E-state index contributed by atoms with van der Waals surface area (Å²) < 4.78 is 0. The second-order valence-corrected chi connectivity index (χ2v) is 6.60. The number of hydrogen-bond acceptors (Lipinski definition) is 1. The van der Waals surface area contributed by atoms with Gasteiger partial charge in [0.15, 0.2) is 0 Å². The van der Waals surface area contributed by atoms with Gasteiger partial charge in [-0.15, -0.1) is 0 Å². The average Bonchev–Trinajstić information content (AvgIpc) is 3.03. The largest absolute Gasteiger partial charge is 0.343 e. The lowest BCUT2D eigenvalue weighted by molar-refractivity contribution is 0.424. The molecule has 0 aromatic heterocycles. The first-order valence-corrected chi connectivity index (χ1v) is 8.30. The minimum absolute atomic E-state index is 0.253. The van der Waals surface area contributed by atoms with Gasteiger partial charge in [-0.25, -0.2) is 0 Å². The van der Waals surface area contributed by atoms with Crippen molar-refractivity contribution in [2.75, 3.05) is 5.32 Å². The second-order valence-electron chi connectivity index (χ2n) is 6.60. The summed E-state index contributed by atoms with van der Waals surface area (Å²) in [6.07, 6.45) is 6.33. The summed E-state index contributed by atoms with van der Waals surface area (Å²) in [5, 5.41) is 3.65. The van der Waals surface area contributed by atoms with E-state index >= 15 is 0 Å². The van der Waals surface area contributed by atoms with E-state index in [0.29, 0.717) is 0 Å². The molecule has 1 aliphatic heterocycles. The van der Waals surface area contributed by atoms with E-state index in [-0.39, 0.29) is 5.41 Å². The molecule has 1 aliphatic carbocycles. The third kappa shape index (κ3) is 2.43. The Labute approximate surface area is 132 Å². The van der Waals surface area contributed by atoms with Crippen molar-refractivity contribution in [1.29, 1.82) is 0 Å². The highest BCUT2D eigenvalue weighted by molar-refractivity contribution is 6.02. The third-order valence-corrected chi connectivity index (χ3v) is 5.12. The second kappa shape index (κ2) is 5.60. The first-order chi connectivity index (χ1) is 10.9. The van der Waals surface area contributed by atoms with Gasteiger partial charge in [-0.3, -0.25) is 4.99 Å². The monoisotopic (exact) mass is 290 g/mol. The highest BCUT2D eigenvalue weighted by Gasteiger charge is 2.42. The maximum Gasteiger partial charge on any atom is 0.108 e. The zero-order chi connectivity index (χ0) is 14.8. The molecule has 0 radical (unpaired) electrons. The molecule has 2 aromatic rings. The summed E-state index contributed by atoms with van der Waals surface area (Å²) in [6, 6.07) is 19.2. The summed E-state index contributed by atoms with van der Waals surface area (Å²) in [5.74, 6) is 1.22. The summed E-state index contributed by atoms with van der Waals surface area (Å²) in [6.45, 7) is 0.771. The predicted molar refractivity (Wildman–Crippen MR) is 92.3 cm³/mol. The lowest BCUT2D eigenvalue weighted by Gasteiger charge is -2.37. The quantitative estimate of drug-likeness (QED) is 0.843. The molecule has 0 bridgehead atoms. The van der Waals surface area contributed by atoms with Gasteiger partial charge < -0.3 is 5.32 Å². The van der Waals surface area contributed by atoms with E-state index in [0.717, 1.165) is 13.0 Å². The standard InChI is InChI=1S/C20H22N2/c1-2-8-16(9-3-1)15-21-19-20(12-6-7-13-20)14-17-10-4-5-11-18(17)22-19/h1-5,8-11H,6-7,12-15H2,(H,21,22). The van der Waals surface area contributed by atoms with E-state index in [4.69, 9.17) is 4.99 Å². The zero-order valence-corrected chi connectivity index (χ0v) is 12.9. The maximum absolute atomic E-state index is 4.99. The van der Waals surface area contributed by atoms with Gasteiger partial charge in [-0.05, 0) is 36.5 Å². The zero-order valence-electron chi connectivity index (χ0n) is 12.9. The van der Waals surface area contributed by atoms with E-state index in [9.17, 15) is 0 Å². The average molecular weight is 290 g/mol. The summed E-state index contributed by atoms with van der Waals surface area (Å²) >= 11 is 0. The molecule has 0 amide bonds. The Bertz CT molecular complexity index is 682. The van der Waals surface area contributed by atoms with Gasteiger partial charge in [-0.1, -0.05) is 61.4 Å². The van der Waals surface area contributed by atoms with Crippen LogP contribution in [-0.2, 0) is 13.0 Å². The first kappa shape index (κ1) is 13.6. The van der Waals surface area contributed by atoms with Crippen molar-refractivity contribution in [1.82, 2.24) is 0 Å². The highest BCUT2D eigenvalue weighted by atomic mass is 15.0. The van der Waals surface area contributed by atoms with Crippen LogP contribution in [0.25, 0.3) is 0 Å². The number of para-hydroxylation sites is 1. The van der Waals surface area contributed by atoms with E-state index in [1.165, 1.54) is 48.3 Å². The van der Waals surface area contributed by atoms with Crippen LogP contribution >= 0.6 is 0 Å². The fourth-order valence-corrected chi connectivity index (χ4v) is 3.93. The van der Waals surface area contributed by atoms with Gasteiger partial charge >= 0.3 is 0 Å². The lowest BCUT2D eigenvalue weighted by atomic mass is 9.76. The number of anilines is 1. The van der Waals surface area contributed by atoms with Crippen LogP contribution in [0.15, 0.2) is 59.6 Å². The van der Waals surface area contributed by atoms with Crippen LogP contribution in [0.2, 0.25) is 0 Å². The van der Waals surface area contributed by atoms with Crippen LogP contribution in [0.5, 0.6) is 0 Å². The molecule has 112 valence electrons. The lowest BCUT2D eigenvalue weighted by Crippen LogP contribution is -2.40. The number of nitrogens with zero attached hydrogens (tertiary/aromatic N) is 1. The third-order valence-electron chi connectivity index (χ3n) is 5.12. The Balaban J connectivity index is 1.67. The molecule has 1 spiro atoms. The van der Waals surface area contributed by atoms with E-state index in [2.05, 4.69) is 59.9 Å². The molecule has 0 unspecified atom stereocenters. The molecule has 2 aromatic carbocycles. The number of fused-ring (bicyclic) bond motifs is 1. The van der Waals surface area contributed by atoms with Crippen molar-refractivity contribution in [2.24, 2.45) is 10.4 Å². The molecule has 4 rings (SSSR count). The number of aliphatic imine (C=N–C) groups is 1. The van der Waals surface area contributed by atoms with Crippen molar-refractivity contribution in [3.05, 3.63) is 65.7 Å². The molecule has 1 N–H and O–H groups in total. The van der Waals surface area contributed by atoms with Gasteiger partial charge in [0.05, 0.1) is 6.54 Å². The molecule has 2 nitrogen and oxygen atoms in total. The normalized spacial score (nSPS) is 20.8. The van der Waals surface area contributed by atoms with E-state index in [1.54, 1.807) is 0 Å². The molecule has 1 saturated carbocycles. The summed E-state index contributed by atoms with van der Waals surface area (Å²) in [7, 11) is 0. The number of amidine groups is 1. The molecule has 0 atom stereocenters. The van der Waals surface area contributed by atoms with Gasteiger partial charge in [0.25, 0.3) is 0 Å². The SMILES string of the molecule is c1ccc(CN=C2Nc3ccccc3CC23CCCC3)cc1. The van der Waals surface area contributed by atoms with E-state index < -0.39 is 0 Å². The van der Waals surface area contributed by atoms with Crippen LogP contribution < -0.4 is 5.32 Å². The molecule has 1 fully saturated rings. The molecule has 1 heterocycles. The van der Waals surface area contributed by atoms with Crippen LogP contribution in [0.4, 0.5) is 5.69 Å². The number of benzene rings is 2. The number of hydrogen-bond donors (Lipinski definition) is 1. The van der Waals surface area contributed by atoms with Crippen molar-refractivity contribution in [3.8, 4) is 0 Å². The predicted octanol–water partition coefficient (Wildman–Crippen LogP) is 4.81. The number of nitrogens with one attached hydrogen (secondary N) is 1. The molecule has 2 aliphatic rings. The topological polar surface area (TPSA) is 24.4 Å².